The highest BCUT2D eigenvalue weighted by molar-refractivity contribution is 5.78. The topological polar surface area (TPSA) is 53.1 Å². The number of hydrogen-bond acceptors (Lipinski definition) is 4. The van der Waals surface area contributed by atoms with Gasteiger partial charge in [0.25, 0.3) is 0 Å². The molecule has 0 aliphatic heterocycles. The summed E-state index contributed by atoms with van der Waals surface area (Å²) in [5, 5.41) is 0. The van der Waals surface area contributed by atoms with E-state index in [2.05, 4.69) is 130 Å². The van der Waals surface area contributed by atoms with Crippen LogP contribution in [0.25, 0.3) is 33.8 Å². The van der Waals surface area contributed by atoms with Crippen LogP contribution in [0, 0.1) is 0 Å². The lowest BCUT2D eigenvalue weighted by Gasteiger charge is -2.33. The molecule has 4 aromatic carbocycles. The molecule has 8 rings (SSSR count). The van der Waals surface area contributed by atoms with E-state index in [-0.39, 0.29) is 0 Å². The first-order valence-electron chi connectivity index (χ1n) is 15.6. The zero-order chi connectivity index (χ0) is 31.8. The summed E-state index contributed by atoms with van der Waals surface area (Å²) in [7, 11) is 3.36. The predicted molar refractivity (Wildman–Crippen MR) is 186 cm³/mol. The fraction of sp³-hybridized carbons (Fsp3) is 0.0732. The van der Waals surface area contributed by atoms with E-state index in [1.54, 1.807) is 14.2 Å². The Kier molecular flexibility index (Phi) is 7.03. The number of nitrogens with zero attached hydrogens (tertiary/aromatic N) is 4. The fourth-order valence-corrected chi connectivity index (χ4v) is 6.72. The number of hydrogen-bond donors (Lipinski definition) is 0. The maximum absolute atomic E-state index is 5.58. The summed E-state index contributed by atoms with van der Waals surface area (Å²) in [4.78, 5) is 11.2. The van der Waals surface area contributed by atoms with E-state index in [4.69, 9.17) is 19.4 Å². The molecule has 228 valence electrons. The first kappa shape index (κ1) is 28.3. The lowest BCUT2D eigenvalue weighted by atomic mass is 9.69. The van der Waals surface area contributed by atoms with Crippen molar-refractivity contribution >= 4 is 11.0 Å². The maximum Gasteiger partial charge on any atom is 0.144 e. The first-order valence-corrected chi connectivity index (χ1v) is 15.6. The quantitative estimate of drug-likeness (QED) is 0.172. The monoisotopic (exact) mass is 612 g/mol. The molecule has 0 unspecified atom stereocenters. The molecule has 0 spiro atoms. The van der Waals surface area contributed by atoms with E-state index >= 15 is 0 Å². The average molecular weight is 613 g/mol. The van der Waals surface area contributed by atoms with Crippen LogP contribution < -0.4 is 9.47 Å². The van der Waals surface area contributed by atoms with Crippen molar-refractivity contribution in [3.05, 3.63) is 181 Å². The zero-order valence-electron chi connectivity index (χ0n) is 26.1. The number of benzene rings is 4. The maximum atomic E-state index is 5.58. The van der Waals surface area contributed by atoms with Crippen LogP contribution >= 0.6 is 0 Å². The Balaban J connectivity index is 1.52. The van der Waals surface area contributed by atoms with Gasteiger partial charge in [-0.15, -0.1) is 0 Å². The van der Waals surface area contributed by atoms with E-state index in [1.807, 2.05) is 36.4 Å². The lowest BCUT2D eigenvalue weighted by Crippen LogP contribution is -2.32. The molecule has 0 atom stereocenters. The van der Waals surface area contributed by atoms with Crippen LogP contribution in [-0.4, -0.2) is 33.0 Å². The largest absolute Gasteiger partial charge is 0.497 e. The summed E-state index contributed by atoms with van der Waals surface area (Å²) < 4.78 is 15.3. The van der Waals surface area contributed by atoms with Crippen molar-refractivity contribution in [2.45, 2.75) is 5.41 Å². The summed E-state index contributed by atoms with van der Waals surface area (Å²) >= 11 is 0. The molecule has 0 saturated carbocycles. The minimum atomic E-state index is -0.892. The van der Waals surface area contributed by atoms with Gasteiger partial charge in [0.1, 0.15) is 28.6 Å². The standard InChI is InChI=1S/C41H32N4O2/c1-46-33-23-19-29(20-24-33)39-42-37(35-17-9-11-27-44(35)39)41(31-13-5-3-6-14-31,32-15-7-4-8-16-32)38-36-18-10-12-28-45(36)40(43-38)30-21-25-34(47-2)26-22-30/h3-28H,1-2H3. The Labute approximate surface area is 273 Å². The third-order valence-electron chi connectivity index (χ3n) is 8.92. The summed E-state index contributed by atoms with van der Waals surface area (Å²) in [6, 6.07) is 50.0. The van der Waals surface area contributed by atoms with Gasteiger partial charge in [-0.3, -0.25) is 8.80 Å². The molecule has 0 N–H and O–H groups in total. The molecule has 4 aromatic heterocycles. The second-order valence-electron chi connectivity index (χ2n) is 11.4. The van der Waals surface area contributed by atoms with Crippen LogP contribution in [0.4, 0.5) is 0 Å². The van der Waals surface area contributed by atoms with Gasteiger partial charge in [0.15, 0.2) is 0 Å². The fourth-order valence-electron chi connectivity index (χ4n) is 6.72. The number of fused-ring (bicyclic) bond motifs is 2. The Bertz CT molecular complexity index is 2140. The van der Waals surface area contributed by atoms with Crippen molar-refractivity contribution in [1.82, 2.24) is 18.8 Å². The van der Waals surface area contributed by atoms with Crippen LogP contribution in [0.3, 0.4) is 0 Å². The SMILES string of the molecule is COc1ccc(-c2nc(C(c3ccccc3)(c3ccccc3)c3nc(-c4ccc(OC)cc4)n4ccccc34)c3ccccn23)cc1. The van der Waals surface area contributed by atoms with Gasteiger partial charge in [-0.1, -0.05) is 72.8 Å². The lowest BCUT2D eigenvalue weighted by molar-refractivity contribution is 0.414. The zero-order valence-corrected chi connectivity index (χ0v) is 26.1. The third-order valence-corrected chi connectivity index (χ3v) is 8.92. The van der Waals surface area contributed by atoms with Crippen LogP contribution in [0.5, 0.6) is 11.5 Å². The molecule has 6 heteroatoms. The van der Waals surface area contributed by atoms with Crippen molar-refractivity contribution in [1.29, 1.82) is 0 Å². The molecular weight excluding hydrogens is 580 g/mol. The highest BCUT2D eigenvalue weighted by Crippen LogP contribution is 2.48. The Morgan fingerprint density at radius 3 is 1.21 bits per heavy atom. The van der Waals surface area contributed by atoms with Gasteiger partial charge in [0, 0.05) is 23.5 Å². The number of pyridine rings is 2. The number of rotatable bonds is 8. The first-order chi connectivity index (χ1) is 23.2. The molecule has 0 aliphatic rings. The molecule has 0 radical (unpaired) electrons. The number of ether oxygens (including phenoxy) is 2. The third kappa shape index (κ3) is 4.57. The van der Waals surface area contributed by atoms with Crippen LogP contribution in [0.15, 0.2) is 158 Å². The van der Waals surface area contributed by atoms with E-state index in [1.165, 1.54) is 0 Å². The Hall–Kier alpha value is -6.14. The number of methoxy groups -OCH3 is 2. The molecule has 4 heterocycles. The highest BCUT2D eigenvalue weighted by Gasteiger charge is 2.45. The summed E-state index contributed by atoms with van der Waals surface area (Å²) in [6.45, 7) is 0. The van der Waals surface area contributed by atoms with Crippen molar-refractivity contribution in [3.8, 4) is 34.3 Å². The van der Waals surface area contributed by atoms with Crippen LogP contribution in [0.2, 0.25) is 0 Å². The molecule has 6 nitrogen and oxygen atoms in total. The van der Waals surface area contributed by atoms with E-state index in [0.29, 0.717) is 0 Å². The molecule has 8 aromatic rings. The molecule has 0 bridgehead atoms. The van der Waals surface area contributed by atoms with Crippen molar-refractivity contribution in [2.75, 3.05) is 14.2 Å². The predicted octanol–water partition coefficient (Wildman–Crippen LogP) is 8.72. The summed E-state index contributed by atoms with van der Waals surface area (Å²) in [5.74, 6) is 3.28. The average Bonchev–Trinajstić information content (AvgIpc) is 3.73. The number of aromatic nitrogens is 4. The normalized spacial score (nSPS) is 11.6. The summed E-state index contributed by atoms with van der Waals surface area (Å²) in [5.41, 5.74) is 7.00. The smallest absolute Gasteiger partial charge is 0.144 e. The van der Waals surface area contributed by atoms with Gasteiger partial charge >= 0.3 is 0 Å². The van der Waals surface area contributed by atoms with Gasteiger partial charge in [0.2, 0.25) is 0 Å². The van der Waals surface area contributed by atoms with Gasteiger partial charge in [0.05, 0.1) is 36.6 Å². The Morgan fingerprint density at radius 1 is 0.447 bits per heavy atom. The summed E-state index contributed by atoms with van der Waals surface area (Å²) in [6.07, 6.45) is 4.17. The van der Waals surface area contributed by atoms with Gasteiger partial charge in [-0.2, -0.15) is 0 Å². The van der Waals surface area contributed by atoms with Crippen molar-refractivity contribution < 1.29 is 9.47 Å². The molecule has 47 heavy (non-hydrogen) atoms. The molecule has 0 saturated heterocycles. The van der Waals surface area contributed by atoms with Crippen LogP contribution in [-0.2, 0) is 5.41 Å². The molecule has 0 fully saturated rings. The van der Waals surface area contributed by atoms with E-state index in [0.717, 1.165) is 67.8 Å². The van der Waals surface area contributed by atoms with Gasteiger partial charge < -0.3 is 9.47 Å². The second kappa shape index (κ2) is 11.7. The van der Waals surface area contributed by atoms with E-state index in [9.17, 15) is 0 Å². The van der Waals surface area contributed by atoms with Crippen LogP contribution in [0.1, 0.15) is 22.5 Å². The molecule has 0 aliphatic carbocycles. The minimum absolute atomic E-state index is 0.799. The van der Waals surface area contributed by atoms with Crippen molar-refractivity contribution in [2.24, 2.45) is 0 Å². The minimum Gasteiger partial charge on any atom is -0.497 e. The number of imidazole rings is 2. The Morgan fingerprint density at radius 2 is 0.830 bits per heavy atom. The van der Waals surface area contributed by atoms with Gasteiger partial charge in [-0.25, -0.2) is 9.97 Å². The highest BCUT2D eigenvalue weighted by atomic mass is 16.5. The second-order valence-corrected chi connectivity index (χ2v) is 11.4. The van der Waals surface area contributed by atoms with Crippen molar-refractivity contribution in [3.63, 3.8) is 0 Å². The van der Waals surface area contributed by atoms with Gasteiger partial charge in [-0.05, 0) is 83.9 Å². The van der Waals surface area contributed by atoms with E-state index < -0.39 is 5.41 Å². The molecule has 0 amide bonds. The molecular formula is C41H32N4O2.